The molecule has 1 unspecified atom stereocenters. The van der Waals surface area contributed by atoms with Gasteiger partial charge in [-0.05, 0) is 73.9 Å². The Kier molecular flexibility index (Phi) is 3.80. The molecule has 0 radical (unpaired) electrons. The number of hydrogen-bond donors (Lipinski definition) is 0. The molecule has 1 aromatic carbocycles. The van der Waals surface area contributed by atoms with E-state index in [1.807, 2.05) is 39.0 Å². The second kappa shape index (κ2) is 5.03. The number of ether oxygens (including phenoxy) is 1. The molecule has 1 aromatic rings. The number of benzene rings is 1. The van der Waals surface area contributed by atoms with Crippen molar-refractivity contribution in [2.24, 2.45) is 5.41 Å². The molecule has 0 saturated heterocycles. The van der Waals surface area contributed by atoms with Crippen LogP contribution < -0.4 is 4.74 Å². The number of carbonyl (C=O) groups excluding carboxylic acids is 1. The molecule has 0 heterocycles. The fourth-order valence-electron chi connectivity index (χ4n) is 2.16. The van der Waals surface area contributed by atoms with E-state index < -0.39 is 5.41 Å². The number of allylic oxidation sites excluding steroid dienone is 1. The van der Waals surface area contributed by atoms with E-state index in [9.17, 15) is 4.79 Å². The molecular weight excluding hydrogens is 339 g/mol. The predicted molar refractivity (Wildman–Crippen MR) is 80.6 cm³/mol. The molecule has 0 amide bonds. The topological polar surface area (TPSA) is 26.3 Å². The van der Waals surface area contributed by atoms with Crippen LogP contribution in [0.25, 0.3) is 0 Å². The predicted octanol–water partition coefficient (Wildman–Crippen LogP) is 4.25. The largest absolute Gasteiger partial charge is 0.425 e. The van der Waals surface area contributed by atoms with Crippen molar-refractivity contribution in [3.05, 3.63) is 39.0 Å². The van der Waals surface area contributed by atoms with Crippen molar-refractivity contribution < 1.29 is 9.53 Å². The van der Waals surface area contributed by atoms with Crippen molar-refractivity contribution in [1.29, 1.82) is 0 Å². The summed E-state index contributed by atoms with van der Waals surface area (Å²) in [6.45, 7) is 6.00. The average Bonchev–Trinajstić information content (AvgIpc) is 2.64. The molecule has 2 rings (SSSR count). The molecule has 0 N–H and O–H groups in total. The minimum atomic E-state index is -0.450. The molecule has 0 spiro atoms. The lowest BCUT2D eigenvalue weighted by Gasteiger charge is -2.23. The Labute approximate surface area is 122 Å². The summed E-state index contributed by atoms with van der Waals surface area (Å²) in [5.74, 6) is 0.516. The molecule has 3 heteroatoms. The maximum atomic E-state index is 12.3. The van der Waals surface area contributed by atoms with Crippen molar-refractivity contribution in [1.82, 2.24) is 0 Å². The van der Waals surface area contributed by atoms with Gasteiger partial charge in [-0.25, -0.2) is 0 Å². The second-order valence-corrected chi connectivity index (χ2v) is 6.24. The lowest BCUT2D eigenvalue weighted by Crippen LogP contribution is -2.31. The highest BCUT2D eigenvalue weighted by Crippen LogP contribution is 2.40. The zero-order valence-electron chi connectivity index (χ0n) is 10.9. The summed E-state index contributed by atoms with van der Waals surface area (Å²) >= 11 is 2.20. The fraction of sp³-hybridized carbons (Fsp3) is 0.400. The summed E-state index contributed by atoms with van der Waals surface area (Å²) in [7, 11) is 0. The number of esters is 1. The molecule has 0 fully saturated rings. The van der Waals surface area contributed by atoms with E-state index in [4.69, 9.17) is 4.74 Å². The number of hydrogen-bond acceptors (Lipinski definition) is 2. The van der Waals surface area contributed by atoms with Gasteiger partial charge in [0.2, 0.25) is 0 Å². The van der Waals surface area contributed by atoms with Crippen LogP contribution in [-0.4, -0.2) is 5.97 Å². The van der Waals surface area contributed by atoms with Crippen LogP contribution in [0.3, 0.4) is 0 Å². The fourth-order valence-corrected chi connectivity index (χ4v) is 2.95. The molecule has 1 aliphatic rings. The summed E-state index contributed by atoms with van der Waals surface area (Å²) in [5, 5.41) is 0. The zero-order chi connectivity index (χ0) is 13.3. The van der Waals surface area contributed by atoms with Crippen LogP contribution in [-0.2, 0) is 4.79 Å². The first-order valence-corrected chi connectivity index (χ1v) is 7.17. The summed E-state index contributed by atoms with van der Waals surface area (Å²) in [6, 6.07) is 5.85. The highest BCUT2D eigenvalue weighted by Gasteiger charge is 2.39. The van der Waals surface area contributed by atoms with Gasteiger partial charge in [-0.15, -0.1) is 0 Å². The number of aryl methyl sites for hydroxylation is 1. The third kappa shape index (κ3) is 2.46. The Hall–Kier alpha value is -0.840. The van der Waals surface area contributed by atoms with E-state index in [0.717, 1.165) is 22.0 Å². The van der Waals surface area contributed by atoms with Crippen LogP contribution >= 0.6 is 22.6 Å². The Morgan fingerprint density at radius 3 is 2.67 bits per heavy atom. The van der Waals surface area contributed by atoms with Gasteiger partial charge in [0, 0.05) is 0 Å². The molecule has 18 heavy (non-hydrogen) atoms. The van der Waals surface area contributed by atoms with Crippen molar-refractivity contribution in [2.75, 3.05) is 0 Å². The molecular formula is C15H17IO2. The van der Waals surface area contributed by atoms with E-state index in [1.165, 1.54) is 5.56 Å². The van der Waals surface area contributed by atoms with Gasteiger partial charge in [-0.3, -0.25) is 4.79 Å². The number of carbonyl (C=O) groups is 1. The lowest BCUT2D eigenvalue weighted by atomic mass is 9.84. The highest BCUT2D eigenvalue weighted by molar-refractivity contribution is 14.1. The molecule has 96 valence electrons. The average molecular weight is 356 g/mol. The Bertz CT molecular complexity index is 519. The van der Waals surface area contributed by atoms with Crippen LogP contribution in [0.1, 0.15) is 32.3 Å². The highest BCUT2D eigenvalue weighted by atomic mass is 127. The van der Waals surface area contributed by atoms with Gasteiger partial charge in [-0.2, -0.15) is 0 Å². The van der Waals surface area contributed by atoms with Crippen LogP contribution in [0, 0.1) is 15.9 Å². The van der Waals surface area contributed by atoms with Gasteiger partial charge in [-0.1, -0.05) is 17.7 Å². The third-order valence-corrected chi connectivity index (χ3v) is 4.55. The van der Waals surface area contributed by atoms with Crippen molar-refractivity contribution in [3.8, 4) is 5.75 Å². The quantitative estimate of drug-likeness (QED) is 0.343. The SMILES string of the molecule is CC1=CCCC1(C)C(=O)Oc1ccc(C)cc1I. The zero-order valence-corrected chi connectivity index (χ0v) is 13.1. The van der Waals surface area contributed by atoms with Gasteiger partial charge < -0.3 is 4.74 Å². The van der Waals surface area contributed by atoms with Crippen LogP contribution in [0.5, 0.6) is 5.75 Å². The molecule has 2 nitrogen and oxygen atoms in total. The molecule has 0 aliphatic heterocycles. The first-order chi connectivity index (χ1) is 8.43. The second-order valence-electron chi connectivity index (χ2n) is 5.08. The standard InChI is InChI=1S/C15H17IO2/c1-10-6-7-13(12(16)9-10)18-14(17)15(3)8-4-5-11(15)2/h5-7,9H,4,8H2,1-3H3. The summed E-state index contributed by atoms with van der Waals surface area (Å²) in [4.78, 5) is 12.3. The van der Waals surface area contributed by atoms with Crippen LogP contribution in [0.15, 0.2) is 29.8 Å². The maximum absolute atomic E-state index is 12.3. The van der Waals surface area contributed by atoms with Crippen molar-refractivity contribution in [3.63, 3.8) is 0 Å². The minimum absolute atomic E-state index is 0.143. The summed E-state index contributed by atoms with van der Waals surface area (Å²) < 4.78 is 6.55. The van der Waals surface area contributed by atoms with E-state index in [0.29, 0.717) is 5.75 Å². The molecule has 0 bridgehead atoms. The smallest absolute Gasteiger partial charge is 0.321 e. The Balaban J connectivity index is 2.19. The minimum Gasteiger partial charge on any atom is -0.425 e. The summed E-state index contributed by atoms with van der Waals surface area (Å²) in [6.07, 6.45) is 3.93. The number of halogens is 1. The summed E-state index contributed by atoms with van der Waals surface area (Å²) in [5.41, 5.74) is 1.84. The monoisotopic (exact) mass is 356 g/mol. The van der Waals surface area contributed by atoms with E-state index >= 15 is 0 Å². The van der Waals surface area contributed by atoms with Gasteiger partial charge >= 0.3 is 5.97 Å². The van der Waals surface area contributed by atoms with E-state index in [1.54, 1.807) is 0 Å². The van der Waals surface area contributed by atoms with Crippen LogP contribution in [0.4, 0.5) is 0 Å². The Morgan fingerprint density at radius 2 is 2.11 bits per heavy atom. The van der Waals surface area contributed by atoms with Crippen LogP contribution in [0.2, 0.25) is 0 Å². The van der Waals surface area contributed by atoms with Gasteiger partial charge in [0.25, 0.3) is 0 Å². The third-order valence-electron chi connectivity index (χ3n) is 3.71. The van der Waals surface area contributed by atoms with E-state index in [-0.39, 0.29) is 5.97 Å². The maximum Gasteiger partial charge on any atom is 0.321 e. The first-order valence-electron chi connectivity index (χ1n) is 6.09. The van der Waals surface area contributed by atoms with Gasteiger partial charge in [0.15, 0.2) is 0 Å². The number of rotatable bonds is 2. The van der Waals surface area contributed by atoms with Gasteiger partial charge in [0.05, 0.1) is 8.99 Å². The molecule has 0 aromatic heterocycles. The Morgan fingerprint density at radius 1 is 1.39 bits per heavy atom. The molecule has 1 atom stereocenters. The van der Waals surface area contributed by atoms with Gasteiger partial charge in [0.1, 0.15) is 5.75 Å². The normalized spacial score (nSPS) is 22.8. The lowest BCUT2D eigenvalue weighted by molar-refractivity contribution is -0.142. The molecule has 1 aliphatic carbocycles. The van der Waals surface area contributed by atoms with Crippen molar-refractivity contribution >= 4 is 28.6 Å². The van der Waals surface area contributed by atoms with Crippen molar-refractivity contribution in [2.45, 2.75) is 33.6 Å². The van der Waals surface area contributed by atoms with E-state index in [2.05, 4.69) is 28.7 Å². The molecule has 0 saturated carbocycles. The first kappa shape index (κ1) is 13.6.